The summed E-state index contributed by atoms with van der Waals surface area (Å²) in [4.78, 5) is 21.6. The van der Waals surface area contributed by atoms with Gasteiger partial charge < -0.3 is 14.7 Å². The van der Waals surface area contributed by atoms with Crippen LogP contribution >= 0.6 is 20.2 Å². The highest BCUT2D eigenvalue weighted by Crippen LogP contribution is 2.25. The number of hydrogen-bond donors (Lipinski definition) is 3. The Kier molecular flexibility index (Phi) is 11.4. The Morgan fingerprint density at radius 1 is 0.684 bits per heavy atom. The molecular formula is C12H16ClMgO4P. The highest BCUT2D eigenvalue weighted by Gasteiger charge is 2.00. The third kappa shape index (κ3) is 11.2. The van der Waals surface area contributed by atoms with Gasteiger partial charge in [-0.05, 0) is 11.1 Å². The summed E-state index contributed by atoms with van der Waals surface area (Å²) in [5, 5.41) is 0. The lowest BCUT2D eigenvalue weighted by atomic mass is 10.1. The number of benzene rings is 2. The van der Waals surface area contributed by atoms with E-state index in [4.69, 9.17) is 19.2 Å². The van der Waals surface area contributed by atoms with Gasteiger partial charge in [0.1, 0.15) is 0 Å². The Morgan fingerprint density at radius 3 is 1.11 bits per heavy atom. The van der Waals surface area contributed by atoms with E-state index in [2.05, 4.69) is 48.5 Å². The Balaban J connectivity index is 0. The zero-order valence-electron chi connectivity index (χ0n) is 9.38. The summed E-state index contributed by atoms with van der Waals surface area (Å²) in [6.07, 6.45) is 0. The van der Waals surface area contributed by atoms with Gasteiger partial charge in [0.25, 0.3) is 0 Å². The summed E-state index contributed by atoms with van der Waals surface area (Å²) in [5.41, 5.74) is 2.55. The van der Waals surface area contributed by atoms with Crippen molar-refractivity contribution < 1.29 is 19.2 Å². The number of halogens is 1. The van der Waals surface area contributed by atoms with Crippen molar-refractivity contribution in [2.45, 2.75) is 0 Å². The van der Waals surface area contributed by atoms with Gasteiger partial charge in [0.2, 0.25) is 0 Å². The second-order valence-corrected chi connectivity index (χ2v) is 4.27. The van der Waals surface area contributed by atoms with Crippen LogP contribution < -0.4 is 0 Å². The van der Waals surface area contributed by atoms with Crippen LogP contribution in [-0.4, -0.2) is 37.7 Å². The van der Waals surface area contributed by atoms with Crippen LogP contribution in [0, 0.1) is 0 Å². The largest absolute Gasteiger partial charge is 0.466 e. The molecular weight excluding hydrogens is 299 g/mol. The molecule has 0 amide bonds. The zero-order valence-corrected chi connectivity index (χ0v) is 11.1. The molecule has 2 aromatic carbocycles. The molecule has 0 atom stereocenters. The Hall–Kier alpha value is -0.394. The molecule has 4 nitrogen and oxygen atoms in total. The van der Waals surface area contributed by atoms with E-state index in [1.54, 1.807) is 0 Å². The monoisotopic (exact) mass is 314 g/mol. The zero-order chi connectivity index (χ0) is 12.7. The van der Waals surface area contributed by atoms with E-state index in [0.717, 1.165) is 0 Å². The van der Waals surface area contributed by atoms with Crippen LogP contribution in [0.2, 0.25) is 0 Å². The van der Waals surface area contributed by atoms with E-state index < -0.39 is 7.82 Å². The van der Waals surface area contributed by atoms with Crippen molar-refractivity contribution in [3.05, 3.63) is 60.7 Å². The van der Waals surface area contributed by atoms with Crippen LogP contribution in [0.25, 0.3) is 11.1 Å². The van der Waals surface area contributed by atoms with Gasteiger partial charge in [-0.3, -0.25) is 0 Å². The molecule has 0 aliphatic heterocycles. The van der Waals surface area contributed by atoms with E-state index in [0.29, 0.717) is 0 Å². The highest BCUT2D eigenvalue weighted by atomic mass is 35.5. The maximum absolute atomic E-state index is 8.88. The van der Waals surface area contributed by atoms with Crippen molar-refractivity contribution in [1.29, 1.82) is 0 Å². The first-order valence-corrected chi connectivity index (χ1v) is 6.42. The van der Waals surface area contributed by atoms with Crippen LogP contribution in [0.5, 0.6) is 0 Å². The molecule has 0 aromatic heterocycles. The summed E-state index contributed by atoms with van der Waals surface area (Å²) in [5.74, 6) is 0. The van der Waals surface area contributed by atoms with Crippen LogP contribution in [-0.2, 0) is 4.57 Å². The summed E-state index contributed by atoms with van der Waals surface area (Å²) >= 11 is 0. The van der Waals surface area contributed by atoms with Gasteiger partial charge in [-0.25, -0.2) is 4.57 Å². The molecule has 0 unspecified atom stereocenters. The van der Waals surface area contributed by atoms with Crippen LogP contribution in [0.15, 0.2) is 60.7 Å². The van der Waals surface area contributed by atoms with Gasteiger partial charge in [-0.2, -0.15) is 0 Å². The fraction of sp³-hybridized carbons (Fsp3) is 0. The minimum absolute atomic E-state index is 0. The minimum atomic E-state index is -4.64. The summed E-state index contributed by atoms with van der Waals surface area (Å²) in [6.45, 7) is 0. The van der Waals surface area contributed by atoms with Gasteiger partial charge in [0.05, 0.1) is 0 Å². The van der Waals surface area contributed by atoms with Crippen molar-refractivity contribution in [1.82, 2.24) is 0 Å². The quantitative estimate of drug-likeness (QED) is 0.555. The van der Waals surface area contributed by atoms with Crippen molar-refractivity contribution in [2.75, 3.05) is 0 Å². The molecule has 0 saturated heterocycles. The average molecular weight is 315 g/mol. The number of hydrogen-bond acceptors (Lipinski definition) is 1. The average Bonchev–Trinajstić information content (AvgIpc) is 2.29. The molecule has 7 heteroatoms. The molecule has 0 fully saturated rings. The minimum Gasteiger partial charge on any atom is -0.303 e. The first-order chi connectivity index (χ1) is 7.97. The lowest BCUT2D eigenvalue weighted by Crippen LogP contribution is -1.73. The molecule has 0 heterocycles. The molecule has 0 saturated carbocycles. The fourth-order valence-corrected chi connectivity index (χ4v) is 1.26. The molecule has 0 spiro atoms. The van der Waals surface area contributed by atoms with Gasteiger partial charge in [0.15, 0.2) is 0 Å². The van der Waals surface area contributed by atoms with Gasteiger partial charge in [-0.1, -0.05) is 60.7 Å². The number of phosphoric acid groups is 1. The molecule has 0 radical (unpaired) electrons. The lowest BCUT2D eigenvalue weighted by Gasteiger charge is -1.98. The predicted octanol–water partition coefficient (Wildman–Crippen LogP) is 1.93. The Bertz CT molecular complexity index is 444. The Morgan fingerprint density at radius 2 is 0.895 bits per heavy atom. The molecule has 0 bridgehead atoms. The number of rotatable bonds is 1. The highest BCUT2D eigenvalue weighted by molar-refractivity contribution is 7.45. The normalized spacial score (nSPS) is 9.21. The van der Waals surface area contributed by atoms with E-state index >= 15 is 0 Å². The Labute approximate surface area is 134 Å². The van der Waals surface area contributed by atoms with Gasteiger partial charge in [0, 0.05) is 0 Å². The molecule has 19 heavy (non-hydrogen) atoms. The maximum atomic E-state index is 8.88. The molecule has 0 aliphatic rings. The van der Waals surface area contributed by atoms with E-state index in [1.807, 2.05) is 12.1 Å². The van der Waals surface area contributed by atoms with E-state index in [-0.39, 0.29) is 35.5 Å². The topological polar surface area (TPSA) is 77.8 Å². The summed E-state index contributed by atoms with van der Waals surface area (Å²) in [7, 11) is -4.64. The van der Waals surface area contributed by atoms with Gasteiger partial charge >= 0.3 is 30.9 Å². The van der Waals surface area contributed by atoms with E-state index in [1.165, 1.54) is 11.1 Å². The molecule has 2 rings (SSSR count). The maximum Gasteiger partial charge on any atom is 0.466 e. The summed E-state index contributed by atoms with van der Waals surface area (Å²) < 4.78 is 8.88. The van der Waals surface area contributed by atoms with Crippen molar-refractivity contribution in [3.63, 3.8) is 0 Å². The first-order valence-electron chi connectivity index (χ1n) is 4.85. The fourth-order valence-electron chi connectivity index (χ4n) is 1.26. The molecule has 102 valence electrons. The van der Waals surface area contributed by atoms with Crippen LogP contribution in [0.4, 0.5) is 0 Å². The van der Waals surface area contributed by atoms with Crippen molar-refractivity contribution in [2.24, 2.45) is 0 Å². The van der Waals surface area contributed by atoms with Gasteiger partial charge in [-0.15, -0.1) is 12.4 Å². The first kappa shape index (κ1) is 20.9. The van der Waals surface area contributed by atoms with Crippen molar-refractivity contribution >= 4 is 43.3 Å². The van der Waals surface area contributed by atoms with E-state index in [9.17, 15) is 0 Å². The smallest absolute Gasteiger partial charge is 0.303 e. The molecule has 0 aliphatic carbocycles. The van der Waals surface area contributed by atoms with Crippen molar-refractivity contribution in [3.8, 4) is 11.1 Å². The van der Waals surface area contributed by atoms with Crippen LogP contribution in [0.1, 0.15) is 0 Å². The second-order valence-electron chi connectivity index (χ2n) is 3.25. The SMILES string of the molecule is Cl.O=P(O)(O)O.[MgH2].c1ccc(-c2ccccc2)cc1. The standard InChI is InChI=1S/C12H10.ClH.Mg.H3O4P.2H/c1-3-7-11(8-4-1)12-9-5-2-6-10-12;;;1-5(2,3)4;;/h1-10H;1H;;(H3,1,2,3,4);;. The second kappa shape index (κ2) is 10.4. The lowest BCUT2D eigenvalue weighted by molar-refractivity contribution is 0.275. The van der Waals surface area contributed by atoms with Crippen LogP contribution in [0.3, 0.4) is 0 Å². The molecule has 2 aromatic rings. The third-order valence-electron chi connectivity index (χ3n) is 1.88. The third-order valence-corrected chi connectivity index (χ3v) is 1.88. The summed E-state index contributed by atoms with van der Waals surface area (Å²) in [6, 6.07) is 20.8. The molecule has 3 N–H and O–H groups in total. The predicted molar refractivity (Wildman–Crippen MR) is 81.9 cm³/mol.